The maximum Gasteiger partial charge on any atom is 0.0436 e. The molecule has 0 amide bonds. The number of nitrogens with zero attached hydrogens (tertiary/aromatic N) is 1. The van der Waals surface area contributed by atoms with E-state index in [1.54, 1.807) is 0 Å². The molecule has 0 fully saturated rings. The molecular weight excluding hydrogens is 112 g/mol. The molecule has 0 aliphatic carbocycles. The summed E-state index contributed by atoms with van der Waals surface area (Å²) in [5, 5.41) is 0. The lowest BCUT2D eigenvalue weighted by atomic mass is 10.3. The summed E-state index contributed by atoms with van der Waals surface area (Å²) in [6, 6.07) is 4.03. The van der Waals surface area contributed by atoms with Crippen molar-refractivity contribution in [3.05, 3.63) is 24.0 Å². The lowest BCUT2D eigenvalue weighted by Gasteiger charge is -1.89. The van der Waals surface area contributed by atoms with Crippen molar-refractivity contribution in [1.29, 1.82) is 0 Å². The number of aromatic nitrogens is 1. The van der Waals surface area contributed by atoms with Crippen LogP contribution in [0.3, 0.4) is 0 Å². The van der Waals surface area contributed by atoms with Crippen molar-refractivity contribution in [3.63, 3.8) is 0 Å². The van der Waals surface area contributed by atoms with Gasteiger partial charge in [-0.25, -0.2) is 0 Å². The fraction of sp³-hybridized carbons (Fsp3) is 0.286. The van der Waals surface area contributed by atoms with Crippen LogP contribution in [-0.2, 0) is 6.42 Å². The highest BCUT2D eigenvalue weighted by molar-refractivity contribution is 5.23. The molecule has 1 heterocycles. The molecule has 2 nitrogen and oxygen atoms in total. The Kier molecular flexibility index (Phi) is 2.07. The maximum absolute atomic E-state index is 3.74. The average Bonchev–Trinajstić information content (AvgIpc) is 2.34. The Morgan fingerprint density at radius 3 is 3.11 bits per heavy atom. The maximum atomic E-state index is 3.74. The molecule has 0 aromatic carbocycles. The highest BCUT2D eigenvalue weighted by Crippen LogP contribution is 1.94. The number of aromatic amines is 1. The number of nitrogens with one attached hydrogen (secondary N) is 1. The predicted molar refractivity (Wildman–Crippen MR) is 38.9 cm³/mol. The normalized spacial score (nSPS) is 9.33. The van der Waals surface area contributed by atoms with Crippen LogP contribution >= 0.6 is 0 Å². The van der Waals surface area contributed by atoms with Crippen LogP contribution < -0.4 is 0 Å². The van der Waals surface area contributed by atoms with E-state index in [-0.39, 0.29) is 0 Å². The molecule has 0 saturated carbocycles. The van der Waals surface area contributed by atoms with E-state index in [9.17, 15) is 0 Å². The van der Waals surface area contributed by atoms with E-state index >= 15 is 0 Å². The zero-order chi connectivity index (χ0) is 6.53. The molecule has 1 aromatic rings. The van der Waals surface area contributed by atoms with Gasteiger partial charge in [-0.3, -0.25) is 0 Å². The molecule has 1 rings (SSSR count). The van der Waals surface area contributed by atoms with E-state index in [4.69, 9.17) is 0 Å². The fourth-order valence-electron chi connectivity index (χ4n) is 0.723. The molecule has 0 aliphatic heterocycles. The minimum absolute atomic E-state index is 0.806. The third kappa shape index (κ3) is 1.72. The van der Waals surface area contributed by atoms with Crippen molar-refractivity contribution >= 4 is 6.72 Å². The molecule has 0 aliphatic rings. The Hall–Kier alpha value is -1.05. The van der Waals surface area contributed by atoms with Crippen molar-refractivity contribution in [2.75, 3.05) is 6.54 Å². The van der Waals surface area contributed by atoms with Crippen LogP contribution in [0.1, 0.15) is 5.69 Å². The number of aliphatic imine (C=N–C) groups is 1. The Labute approximate surface area is 54.6 Å². The van der Waals surface area contributed by atoms with Crippen molar-refractivity contribution in [1.82, 2.24) is 4.98 Å². The van der Waals surface area contributed by atoms with Gasteiger partial charge >= 0.3 is 0 Å². The number of H-pyrrole nitrogens is 1. The first kappa shape index (κ1) is 6.08. The fourth-order valence-corrected chi connectivity index (χ4v) is 0.723. The first-order valence-corrected chi connectivity index (χ1v) is 2.98. The van der Waals surface area contributed by atoms with Crippen LogP contribution in [-0.4, -0.2) is 18.2 Å². The summed E-state index contributed by atoms with van der Waals surface area (Å²) < 4.78 is 0. The second-order valence-electron chi connectivity index (χ2n) is 1.89. The third-order valence-corrected chi connectivity index (χ3v) is 1.20. The second-order valence-corrected chi connectivity index (χ2v) is 1.89. The van der Waals surface area contributed by atoms with Gasteiger partial charge in [0.1, 0.15) is 0 Å². The quantitative estimate of drug-likeness (QED) is 0.584. The van der Waals surface area contributed by atoms with E-state index in [0.717, 1.165) is 13.0 Å². The molecule has 0 spiro atoms. The average molecular weight is 122 g/mol. The summed E-state index contributed by atoms with van der Waals surface area (Å²) in [6.45, 7) is 4.20. The highest BCUT2D eigenvalue weighted by atomic mass is 14.7. The lowest BCUT2D eigenvalue weighted by molar-refractivity contribution is 0.942. The summed E-state index contributed by atoms with van der Waals surface area (Å²) in [7, 11) is 0. The molecular formula is C7H10N2. The van der Waals surface area contributed by atoms with Gasteiger partial charge in [0, 0.05) is 24.9 Å². The summed E-state index contributed by atoms with van der Waals surface area (Å²) in [4.78, 5) is 6.82. The van der Waals surface area contributed by atoms with Crippen molar-refractivity contribution < 1.29 is 0 Å². The van der Waals surface area contributed by atoms with Gasteiger partial charge in [0.05, 0.1) is 0 Å². The molecule has 0 radical (unpaired) electrons. The Balaban J connectivity index is 2.38. The van der Waals surface area contributed by atoms with Crippen molar-refractivity contribution in [3.8, 4) is 0 Å². The van der Waals surface area contributed by atoms with Gasteiger partial charge in [0.2, 0.25) is 0 Å². The molecule has 9 heavy (non-hydrogen) atoms. The molecule has 0 atom stereocenters. The van der Waals surface area contributed by atoms with Crippen molar-refractivity contribution in [2.24, 2.45) is 4.99 Å². The van der Waals surface area contributed by atoms with Crippen LogP contribution in [0.5, 0.6) is 0 Å². The first-order chi connectivity index (χ1) is 4.43. The van der Waals surface area contributed by atoms with Crippen molar-refractivity contribution in [2.45, 2.75) is 6.42 Å². The largest absolute Gasteiger partial charge is 0.365 e. The number of rotatable bonds is 3. The van der Waals surface area contributed by atoms with Crippen LogP contribution in [0, 0.1) is 0 Å². The van der Waals surface area contributed by atoms with Gasteiger partial charge in [0.25, 0.3) is 0 Å². The smallest absolute Gasteiger partial charge is 0.0436 e. The highest BCUT2D eigenvalue weighted by Gasteiger charge is 1.87. The first-order valence-electron chi connectivity index (χ1n) is 2.98. The summed E-state index contributed by atoms with van der Waals surface area (Å²) in [5.74, 6) is 0. The number of hydrogen-bond acceptors (Lipinski definition) is 1. The minimum atomic E-state index is 0.806. The van der Waals surface area contributed by atoms with E-state index in [0.29, 0.717) is 0 Å². The summed E-state index contributed by atoms with van der Waals surface area (Å²) in [6.07, 6.45) is 2.88. The monoisotopic (exact) mass is 122 g/mol. The molecule has 1 N–H and O–H groups in total. The Bertz CT molecular complexity index is 165. The number of hydrogen-bond donors (Lipinski definition) is 1. The van der Waals surface area contributed by atoms with Gasteiger partial charge in [-0.15, -0.1) is 0 Å². The third-order valence-electron chi connectivity index (χ3n) is 1.20. The second kappa shape index (κ2) is 3.07. The van der Waals surface area contributed by atoms with Crippen LogP contribution in [0.15, 0.2) is 23.3 Å². The lowest BCUT2D eigenvalue weighted by Crippen LogP contribution is -1.87. The molecule has 0 bridgehead atoms. The van der Waals surface area contributed by atoms with Crippen LogP contribution in [0.2, 0.25) is 0 Å². The van der Waals surface area contributed by atoms with Crippen LogP contribution in [0.25, 0.3) is 0 Å². The molecule has 0 saturated heterocycles. The molecule has 0 unspecified atom stereocenters. The van der Waals surface area contributed by atoms with E-state index in [2.05, 4.69) is 16.7 Å². The predicted octanol–water partition coefficient (Wildman–Crippen LogP) is 1.26. The topological polar surface area (TPSA) is 28.1 Å². The Morgan fingerprint density at radius 1 is 1.67 bits per heavy atom. The minimum Gasteiger partial charge on any atom is -0.365 e. The zero-order valence-corrected chi connectivity index (χ0v) is 5.30. The van der Waals surface area contributed by atoms with E-state index in [1.165, 1.54) is 5.69 Å². The molecule has 48 valence electrons. The Morgan fingerprint density at radius 2 is 2.56 bits per heavy atom. The van der Waals surface area contributed by atoms with Gasteiger partial charge in [-0.1, -0.05) is 0 Å². The zero-order valence-electron chi connectivity index (χ0n) is 5.30. The molecule has 2 heteroatoms. The summed E-state index contributed by atoms with van der Waals surface area (Å²) >= 11 is 0. The van der Waals surface area contributed by atoms with Gasteiger partial charge in [-0.05, 0) is 18.9 Å². The van der Waals surface area contributed by atoms with Gasteiger partial charge in [0.15, 0.2) is 0 Å². The van der Waals surface area contributed by atoms with Gasteiger partial charge < -0.3 is 9.98 Å². The standard InChI is InChI=1S/C7H10N2/c1-8-6-4-7-3-2-5-9-7/h2-3,5,9H,1,4,6H2. The van der Waals surface area contributed by atoms with Crippen LogP contribution in [0.4, 0.5) is 0 Å². The van der Waals surface area contributed by atoms with E-state index < -0.39 is 0 Å². The van der Waals surface area contributed by atoms with E-state index in [1.807, 2.05) is 18.3 Å². The SMILES string of the molecule is C=NCCc1ccc[nH]1. The molecule has 1 aromatic heterocycles. The summed E-state index contributed by atoms with van der Waals surface area (Å²) in [5.41, 5.74) is 1.22. The van der Waals surface area contributed by atoms with Gasteiger partial charge in [-0.2, -0.15) is 0 Å².